The molecule has 2 amide bonds. The maximum atomic E-state index is 12.5. The molecule has 1 aromatic carbocycles. The molecule has 0 spiro atoms. The molecule has 25 heavy (non-hydrogen) atoms. The third-order valence-corrected chi connectivity index (χ3v) is 4.66. The van der Waals surface area contributed by atoms with Gasteiger partial charge in [-0.3, -0.25) is 9.59 Å². The largest absolute Gasteiger partial charge is 0.378 e. The number of carbonyl (C=O) groups excluding carboxylic acids is 2. The lowest BCUT2D eigenvalue weighted by atomic mass is 10.2. The van der Waals surface area contributed by atoms with Gasteiger partial charge in [0.05, 0.1) is 36.4 Å². The van der Waals surface area contributed by atoms with Crippen LogP contribution < -0.4 is 15.5 Å². The zero-order valence-corrected chi connectivity index (χ0v) is 15.0. The van der Waals surface area contributed by atoms with Gasteiger partial charge in [0.25, 0.3) is 0 Å². The second-order valence-corrected chi connectivity index (χ2v) is 7.19. The third-order valence-electron chi connectivity index (χ3n) is 4.66. The number of rotatable bonds is 6. The van der Waals surface area contributed by atoms with Crippen molar-refractivity contribution in [1.82, 2.24) is 5.32 Å². The first-order valence-corrected chi connectivity index (χ1v) is 9.06. The number of hydrogen-bond donors (Lipinski definition) is 2. The van der Waals surface area contributed by atoms with Gasteiger partial charge in [0, 0.05) is 19.6 Å². The monoisotopic (exact) mass is 345 g/mol. The molecular formula is C19H27N3O3. The van der Waals surface area contributed by atoms with Crippen LogP contribution >= 0.6 is 0 Å². The fourth-order valence-electron chi connectivity index (χ4n) is 3.10. The number of carbonyl (C=O) groups is 2. The Morgan fingerprint density at radius 1 is 1.16 bits per heavy atom. The van der Waals surface area contributed by atoms with Crippen LogP contribution in [-0.2, 0) is 14.3 Å². The average molecular weight is 345 g/mol. The fourth-order valence-corrected chi connectivity index (χ4v) is 3.10. The Kier molecular flexibility index (Phi) is 5.58. The predicted octanol–water partition coefficient (Wildman–Crippen LogP) is 1.87. The maximum absolute atomic E-state index is 12.5. The summed E-state index contributed by atoms with van der Waals surface area (Å²) < 4.78 is 5.40. The van der Waals surface area contributed by atoms with Gasteiger partial charge < -0.3 is 20.3 Å². The second-order valence-electron chi connectivity index (χ2n) is 7.19. The van der Waals surface area contributed by atoms with E-state index in [0.717, 1.165) is 24.5 Å². The van der Waals surface area contributed by atoms with Crippen LogP contribution in [0.4, 0.5) is 11.4 Å². The summed E-state index contributed by atoms with van der Waals surface area (Å²) in [6, 6.07) is 7.82. The number of morpholine rings is 1. The molecule has 2 N–H and O–H groups in total. The average Bonchev–Trinajstić information content (AvgIpc) is 3.42. The van der Waals surface area contributed by atoms with Crippen LogP contribution in [0.5, 0.6) is 0 Å². The minimum Gasteiger partial charge on any atom is -0.378 e. The summed E-state index contributed by atoms with van der Waals surface area (Å²) in [4.78, 5) is 26.8. The van der Waals surface area contributed by atoms with Crippen LogP contribution in [0.1, 0.15) is 20.3 Å². The molecule has 2 fully saturated rings. The summed E-state index contributed by atoms with van der Waals surface area (Å²) in [6.45, 7) is 7.79. The molecule has 2 unspecified atom stereocenters. The van der Waals surface area contributed by atoms with E-state index in [1.165, 1.54) is 0 Å². The normalized spacial score (nSPS) is 22.6. The minimum absolute atomic E-state index is 0.00434. The van der Waals surface area contributed by atoms with E-state index in [1.807, 2.05) is 24.3 Å². The number of hydrogen-bond acceptors (Lipinski definition) is 4. The maximum Gasteiger partial charge on any atom is 0.228 e. The molecule has 0 radical (unpaired) electrons. The molecular weight excluding hydrogens is 318 g/mol. The van der Waals surface area contributed by atoms with E-state index in [-0.39, 0.29) is 23.7 Å². The van der Waals surface area contributed by atoms with Crippen molar-refractivity contribution in [3.8, 4) is 0 Å². The van der Waals surface area contributed by atoms with E-state index in [0.29, 0.717) is 32.1 Å². The Morgan fingerprint density at radius 3 is 2.56 bits per heavy atom. The quantitative estimate of drug-likeness (QED) is 0.826. The van der Waals surface area contributed by atoms with Crippen LogP contribution in [-0.4, -0.2) is 44.7 Å². The van der Waals surface area contributed by atoms with Gasteiger partial charge in [-0.15, -0.1) is 0 Å². The Labute approximate surface area is 148 Å². The van der Waals surface area contributed by atoms with Gasteiger partial charge in [-0.2, -0.15) is 0 Å². The number of nitrogens with one attached hydrogen (secondary N) is 2. The molecule has 3 rings (SSSR count). The molecule has 1 heterocycles. The molecule has 0 bridgehead atoms. The molecule has 1 saturated carbocycles. The van der Waals surface area contributed by atoms with E-state index >= 15 is 0 Å². The van der Waals surface area contributed by atoms with E-state index in [9.17, 15) is 9.59 Å². The van der Waals surface area contributed by atoms with Crippen LogP contribution in [0, 0.1) is 17.8 Å². The molecule has 2 aliphatic rings. The Bertz CT molecular complexity index is 626. The SMILES string of the molecule is CC(C)CNC(=O)C1CC1C(=O)Nc1ccccc1N1CCOCC1. The Morgan fingerprint density at radius 2 is 1.84 bits per heavy atom. The van der Waals surface area contributed by atoms with Crippen molar-refractivity contribution in [1.29, 1.82) is 0 Å². The van der Waals surface area contributed by atoms with Gasteiger partial charge in [0.2, 0.25) is 11.8 Å². The Balaban J connectivity index is 1.58. The van der Waals surface area contributed by atoms with Crippen molar-refractivity contribution in [2.45, 2.75) is 20.3 Å². The van der Waals surface area contributed by atoms with Gasteiger partial charge >= 0.3 is 0 Å². The van der Waals surface area contributed by atoms with Crippen molar-refractivity contribution < 1.29 is 14.3 Å². The summed E-state index contributed by atoms with van der Waals surface area (Å²) in [5, 5.41) is 5.93. The standard InChI is InChI=1S/C19H27N3O3/c1-13(2)12-20-18(23)14-11-15(14)19(24)21-16-5-3-4-6-17(16)22-7-9-25-10-8-22/h3-6,13-15H,7-12H2,1-2H3,(H,20,23)(H,21,24). The fraction of sp³-hybridized carbons (Fsp3) is 0.579. The van der Waals surface area contributed by atoms with Crippen molar-refractivity contribution >= 4 is 23.2 Å². The summed E-state index contributed by atoms with van der Waals surface area (Å²) in [5.41, 5.74) is 1.82. The molecule has 1 aliphatic heterocycles. The van der Waals surface area contributed by atoms with Crippen LogP contribution in [0.3, 0.4) is 0 Å². The lowest BCUT2D eigenvalue weighted by Gasteiger charge is -2.30. The van der Waals surface area contributed by atoms with E-state index in [4.69, 9.17) is 4.74 Å². The Hall–Kier alpha value is -2.08. The molecule has 6 nitrogen and oxygen atoms in total. The van der Waals surface area contributed by atoms with Crippen LogP contribution in [0.2, 0.25) is 0 Å². The van der Waals surface area contributed by atoms with Crippen LogP contribution in [0.15, 0.2) is 24.3 Å². The first-order chi connectivity index (χ1) is 12.1. The molecule has 2 atom stereocenters. The second kappa shape index (κ2) is 7.87. The number of para-hydroxylation sites is 2. The smallest absolute Gasteiger partial charge is 0.228 e. The van der Waals surface area contributed by atoms with E-state index in [1.54, 1.807) is 0 Å². The molecule has 136 valence electrons. The van der Waals surface area contributed by atoms with Gasteiger partial charge in [0.15, 0.2) is 0 Å². The molecule has 1 saturated heterocycles. The molecule has 1 aliphatic carbocycles. The zero-order valence-electron chi connectivity index (χ0n) is 15.0. The van der Waals surface area contributed by atoms with Crippen molar-refractivity contribution in [2.75, 3.05) is 43.1 Å². The molecule has 1 aromatic rings. The first-order valence-electron chi connectivity index (χ1n) is 9.06. The molecule has 6 heteroatoms. The van der Waals surface area contributed by atoms with E-state index < -0.39 is 0 Å². The number of benzene rings is 1. The highest BCUT2D eigenvalue weighted by Gasteiger charge is 2.48. The topological polar surface area (TPSA) is 70.7 Å². The summed E-state index contributed by atoms with van der Waals surface area (Å²) in [5.74, 6) is -0.0599. The van der Waals surface area contributed by atoms with Gasteiger partial charge in [0.1, 0.15) is 0 Å². The predicted molar refractivity (Wildman–Crippen MR) is 97.5 cm³/mol. The van der Waals surface area contributed by atoms with Crippen molar-refractivity contribution in [2.24, 2.45) is 17.8 Å². The van der Waals surface area contributed by atoms with E-state index in [2.05, 4.69) is 29.4 Å². The van der Waals surface area contributed by atoms with Gasteiger partial charge in [-0.05, 0) is 24.5 Å². The molecule has 0 aromatic heterocycles. The first kappa shape index (κ1) is 17.7. The summed E-state index contributed by atoms with van der Waals surface area (Å²) in [6.07, 6.45) is 0.634. The highest BCUT2D eigenvalue weighted by molar-refractivity contribution is 6.01. The summed E-state index contributed by atoms with van der Waals surface area (Å²) in [7, 11) is 0. The lowest BCUT2D eigenvalue weighted by Crippen LogP contribution is -2.36. The summed E-state index contributed by atoms with van der Waals surface area (Å²) >= 11 is 0. The third kappa shape index (κ3) is 4.51. The van der Waals surface area contributed by atoms with Gasteiger partial charge in [-0.25, -0.2) is 0 Å². The number of ether oxygens (including phenoxy) is 1. The lowest BCUT2D eigenvalue weighted by molar-refractivity contribution is -0.125. The number of anilines is 2. The highest BCUT2D eigenvalue weighted by Crippen LogP contribution is 2.40. The van der Waals surface area contributed by atoms with Gasteiger partial charge in [-0.1, -0.05) is 26.0 Å². The number of amides is 2. The number of nitrogens with zero attached hydrogens (tertiary/aromatic N) is 1. The minimum atomic E-state index is -0.218. The zero-order chi connectivity index (χ0) is 17.8. The van der Waals surface area contributed by atoms with Crippen molar-refractivity contribution in [3.63, 3.8) is 0 Å². The van der Waals surface area contributed by atoms with Crippen LogP contribution in [0.25, 0.3) is 0 Å². The van der Waals surface area contributed by atoms with Crippen molar-refractivity contribution in [3.05, 3.63) is 24.3 Å². The highest BCUT2D eigenvalue weighted by atomic mass is 16.5.